The molecule has 1 aromatic rings. The quantitative estimate of drug-likeness (QED) is 0.698. The number of nitrogens with one attached hydrogen (secondary N) is 1. The molecule has 0 aliphatic carbocycles. The van der Waals surface area contributed by atoms with E-state index in [0.29, 0.717) is 17.8 Å². The smallest absolute Gasteiger partial charge is 0.227 e. The zero-order valence-electron chi connectivity index (χ0n) is 8.09. The van der Waals surface area contributed by atoms with Crippen LogP contribution in [-0.4, -0.2) is 29.1 Å². The Kier molecular flexibility index (Phi) is 2.72. The highest BCUT2D eigenvalue weighted by Crippen LogP contribution is 2.07. The van der Waals surface area contributed by atoms with Crippen molar-refractivity contribution in [3.8, 4) is 5.75 Å². The molecule has 2 N–H and O–H groups in total. The van der Waals surface area contributed by atoms with Crippen molar-refractivity contribution in [1.82, 2.24) is 9.88 Å². The minimum Gasteiger partial charge on any atom is -0.503 e. The zero-order valence-corrected chi connectivity index (χ0v) is 8.09. The zero-order chi connectivity index (χ0) is 10.0. The van der Waals surface area contributed by atoms with Gasteiger partial charge in [-0.1, -0.05) is 0 Å². The van der Waals surface area contributed by atoms with Crippen molar-refractivity contribution < 1.29 is 5.11 Å². The molecular formula is C9H14N2O2. The fourth-order valence-corrected chi connectivity index (χ4v) is 1.11. The molecule has 0 aliphatic rings. The summed E-state index contributed by atoms with van der Waals surface area (Å²) in [6, 6.07) is 0. The monoisotopic (exact) mass is 182 g/mol. The van der Waals surface area contributed by atoms with Gasteiger partial charge >= 0.3 is 0 Å². The molecule has 0 saturated carbocycles. The van der Waals surface area contributed by atoms with Gasteiger partial charge in [0.1, 0.15) is 0 Å². The van der Waals surface area contributed by atoms with Crippen LogP contribution in [0.5, 0.6) is 5.75 Å². The number of hydrogen-bond acceptors (Lipinski definition) is 3. The van der Waals surface area contributed by atoms with Crippen LogP contribution in [0.4, 0.5) is 0 Å². The predicted molar refractivity (Wildman–Crippen MR) is 50.9 cm³/mol. The third-order valence-corrected chi connectivity index (χ3v) is 1.81. The van der Waals surface area contributed by atoms with Crippen LogP contribution in [0, 0.1) is 6.92 Å². The standard InChI is InChI=1S/C9H14N2O2/c1-6-8(12)9(13)7(4-10-6)5-11(2)3/h4,12H,5H2,1-3H3,(H,10,13). The number of hydrogen-bond donors (Lipinski definition) is 2. The first-order valence-corrected chi connectivity index (χ1v) is 4.07. The summed E-state index contributed by atoms with van der Waals surface area (Å²) >= 11 is 0. The van der Waals surface area contributed by atoms with Gasteiger partial charge in [-0.05, 0) is 21.0 Å². The lowest BCUT2D eigenvalue weighted by molar-refractivity contribution is 0.396. The topological polar surface area (TPSA) is 56.3 Å². The second kappa shape index (κ2) is 3.62. The Labute approximate surface area is 76.8 Å². The number of aromatic hydroxyl groups is 1. The van der Waals surface area contributed by atoms with Crippen LogP contribution >= 0.6 is 0 Å². The van der Waals surface area contributed by atoms with E-state index in [1.807, 2.05) is 19.0 Å². The molecule has 0 atom stereocenters. The van der Waals surface area contributed by atoms with Crippen LogP contribution in [0.2, 0.25) is 0 Å². The number of nitrogens with zero attached hydrogens (tertiary/aromatic N) is 1. The molecule has 0 fully saturated rings. The molecule has 72 valence electrons. The largest absolute Gasteiger partial charge is 0.503 e. The van der Waals surface area contributed by atoms with Gasteiger partial charge in [0.15, 0.2) is 5.75 Å². The van der Waals surface area contributed by atoms with Gasteiger partial charge in [-0.25, -0.2) is 0 Å². The van der Waals surface area contributed by atoms with Crippen LogP contribution in [0.1, 0.15) is 11.3 Å². The Balaban J connectivity index is 3.12. The second-order valence-electron chi connectivity index (χ2n) is 3.35. The van der Waals surface area contributed by atoms with Gasteiger partial charge in [0.2, 0.25) is 5.43 Å². The third-order valence-electron chi connectivity index (χ3n) is 1.81. The van der Waals surface area contributed by atoms with Gasteiger partial charge in [0, 0.05) is 18.3 Å². The number of rotatable bonds is 2. The normalized spacial score (nSPS) is 10.8. The van der Waals surface area contributed by atoms with E-state index < -0.39 is 0 Å². The van der Waals surface area contributed by atoms with E-state index in [2.05, 4.69) is 4.98 Å². The minimum absolute atomic E-state index is 0.181. The van der Waals surface area contributed by atoms with Crippen molar-refractivity contribution in [1.29, 1.82) is 0 Å². The highest BCUT2D eigenvalue weighted by molar-refractivity contribution is 5.29. The fourth-order valence-electron chi connectivity index (χ4n) is 1.11. The van der Waals surface area contributed by atoms with E-state index in [1.54, 1.807) is 13.1 Å². The number of aromatic nitrogens is 1. The Morgan fingerprint density at radius 2 is 2.15 bits per heavy atom. The molecular weight excluding hydrogens is 168 g/mol. The molecule has 4 nitrogen and oxygen atoms in total. The van der Waals surface area contributed by atoms with E-state index in [1.165, 1.54) is 0 Å². The lowest BCUT2D eigenvalue weighted by Gasteiger charge is -2.09. The second-order valence-corrected chi connectivity index (χ2v) is 3.35. The van der Waals surface area contributed by atoms with E-state index >= 15 is 0 Å². The summed E-state index contributed by atoms with van der Waals surface area (Å²) in [6.07, 6.45) is 1.64. The van der Waals surface area contributed by atoms with Gasteiger partial charge < -0.3 is 15.0 Å². The summed E-state index contributed by atoms with van der Waals surface area (Å²) in [6.45, 7) is 2.19. The van der Waals surface area contributed by atoms with E-state index in [9.17, 15) is 9.90 Å². The molecule has 1 heterocycles. The van der Waals surface area contributed by atoms with Crippen molar-refractivity contribution in [3.05, 3.63) is 27.7 Å². The van der Waals surface area contributed by atoms with Gasteiger partial charge in [-0.15, -0.1) is 0 Å². The van der Waals surface area contributed by atoms with Crippen LogP contribution in [0.25, 0.3) is 0 Å². The van der Waals surface area contributed by atoms with Gasteiger partial charge in [-0.2, -0.15) is 0 Å². The first kappa shape index (κ1) is 9.80. The maximum atomic E-state index is 11.4. The van der Waals surface area contributed by atoms with Crippen molar-refractivity contribution in [2.75, 3.05) is 14.1 Å². The molecule has 0 aliphatic heterocycles. The van der Waals surface area contributed by atoms with Crippen LogP contribution < -0.4 is 5.43 Å². The summed E-state index contributed by atoms with van der Waals surface area (Å²) in [7, 11) is 3.74. The molecule has 13 heavy (non-hydrogen) atoms. The van der Waals surface area contributed by atoms with Crippen LogP contribution in [0.3, 0.4) is 0 Å². The highest BCUT2D eigenvalue weighted by Gasteiger charge is 2.07. The maximum Gasteiger partial charge on any atom is 0.227 e. The molecule has 0 amide bonds. The average molecular weight is 182 g/mol. The highest BCUT2D eigenvalue weighted by atomic mass is 16.3. The number of pyridine rings is 1. The van der Waals surface area contributed by atoms with Crippen molar-refractivity contribution in [3.63, 3.8) is 0 Å². The maximum absolute atomic E-state index is 11.4. The van der Waals surface area contributed by atoms with E-state index in [0.717, 1.165) is 0 Å². The molecule has 0 spiro atoms. The summed E-state index contributed by atoms with van der Waals surface area (Å²) < 4.78 is 0. The summed E-state index contributed by atoms with van der Waals surface area (Å²) in [5.74, 6) is -0.181. The Morgan fingerprint density at radius 1 is 1.54 bits per heavy atom. The first-order chi connectivity index (χ1) is 6.02. The van der Waals surface area contributed by atoms with Crippen LogP contribution in [0.15, 0.2) is 11.0 Å². The fraction of sp³-hybridized carbons (Fsp3) is 0.444. The molecule has 1 rings (SSSR count). The first-order valence-electron chi connectivity index (χ1n) is 4.07. The minimum atomic E-state index is -0.287. The van der Waals surface area contributed by atoms with Crippen molar-refractivity contribution in [2.45, 2.75) is 13.5 Å². The van der Waals surface area contributed by atoms with Gasteiger partial charge in [0.05, 0.1) is 5.69 Å². The molecule has 0 unspecified atom stereocenters. The Morgan fingerprint density at radius 3 is 2.69 bits per heavy atom. The number of aryl methyl sites for hydroxylation is 1. The number of H-pyrrole nitrogens is 1. The van der Waals surface area contributed by atoms with Crippen molar-refractivity contribution in [2.24, 2.45) is 0 Å². The molecule has 0 bridgehead atoms. The average Bonchev–Trinajstić information content (AvgIpc) is 2.06. The van der Waals surface area contributed by atoms with Gasteiger partial charge in [0.25, 0.3) is 0 Å². The predicted octanol–water partition coefficient (Wildman–Crippen LogP) is 0.451. The lowest BCUT2D eigenvalue weighted by atomic mass is 10.2. The van der Waals surface area contributed by atoms with E-state index in [4.69, 9.17) is 0 Å². The summed E-state index contributed by atoms with van der Waals surface area (Å²) in [4.78, 5) is 16.1. The Hall–Kier alpha value is -1.29. The molecule has 1 aromatic heterocycles. The van der Waals surface area contributed by atoms with Gasteiger partial charge in [-0.3, -0.25) is 4.79 Å². The SMILES string of the molecule is Cc1[nH]cc(CN(C)C)c(=O)c1O. The molecule has 0 radical (unpaired) electrons. The molecule has 0 aromatic carbocycles. The van der Waals surface area contributed by atoms with E-state index in [-0.39, 0.29) is 11.2 Å². The molecule has 0 saturated heterocycles. The Bertz CT molecular complexity index is 355. The van der Waals surface area contributed by atoms with Crippen LogP contribution in [-0.2, 0) is 6.54 Å². The summed E-state index contributed by atoms with van der Waals surface area (Å²) in [5, 5.41) is 9.34. The summed E-state index contributed by atoms with van der Waals surface area (Å²) in [5.41, 5.74) is 0.797. The lowest BCUT2D eigenvalue weighted by Crippen LogP contribution is -2.19. The van der Waals surface area contributed by atoms with Crippen molar-refractivity contribution >= 4 is 0 Å². The number of aromatic amines is 1. The third kappa shape index (κ3) is 2.09. The molecule has 4 heteroatoms.